The number of fused-ring (bicyclic) bond motifs is 2. The maximum atomic E-state index is 3.21. The molecule has 2 heterocycles. The van der Waals surface area contributed by atoms with Crippen molar-refractivity contribution in [2.45, 2.75) is 0 Å². The fourth-order valence-electron chi connectivity index (χ4n) is 2.52. The van der Waals surface area contributed by atoms with Gasteiger partial charge in [0, 0.05) is 29.8 Å². The smallest absolute Gasteiger partial charge is 0.0454 e. The minimum absolute atomic E-state index is 1.18. The van der Waals surface area contributed by atoms with Crippen LogP contribution in [0.25, 0.3) is 21.8 Å². The highest BCUT2D eigenvalue weighted by Gasteiger charge is 2.01. The number of hydrogen-bond donors (Lipinski definition) is 2. The number of H-pyrrole nitrogens is 2. The van der Waals surface area contributed by atoms with Gasteiger partial charge in [-0.15, -0.1) is 0 Å². The zero-order valence-electron chi connectivity index (χ0n) is 10.4. The van der Waals surface area contributed by atoms with E-state index < -0.39 is 0 Å². The quantitative estimate of drug-likeness (QED) is 0.529. The number of benzene rings is 2. The van der Waals surface area contributed by atoms with Gasteiger partial charge in [0.1, 0.15) is 0 Å². The van der Waals surface area contributed by atoms with Gasteiger partial charge >= 0.3 is 0 Å². The third kappa shape index (κ3) is 1.82. The molecule has 2 nitrogen and oxygen atoms in total. The minimum Gasteiger partial charge on any atom is -0.361 e. The topological polar surface area (TPSA) is 31.6 Å². The van der Waals surface area contributed by atoms with E-state index in [1.165, 1.54) is 32.9 Å². The van der Waals surface area contributed by atoms with Crippen LogP contribution in [0.1, 0.15) is 11.1 Å². The summed E-state index contributed by atoms with van der Waals surface area (Å²) >= 11 is 0. The maximum Gasteiger partial charge on any atom is 0.0454 e. The second kappa shape index (κ2) is 4.02. The zero-order chi connectivity index (χ0) is 12.7. The lowest BCUT2D eigenvalue weighted by atomic mass is 10.0. The Balaban J connectivity index is 1.72. The predicted octanol–water partition coefficient (Wildman–Crippen LogP) is 4.25. The molecular formula is C17H13N2. The molecule has 0 spiro atoms. The Bertz CT molecular complexity index is 780. The van der Waals surface area contributed by atoms with Crippen molar-refractivity contribution in [3.8, 4) is 0 Å². The number of nitrogens with one attached hydrogen (secondary N) is 2. The average Bonchev–Trinajstić information content (AvgIpc) is 3.05. The average molecular weight is 245 g/mol. The number of rotatable bonds is 2. The Hall–Kier alpha value is -2.48. The summed E-state index contributed by atoms with van der Waals surface area (Å²) in [6.07, 6.45) is 6.15. The highest BCUT2D eigenvalue weighted by molar-refractivity contribution is 5.82. The van der Waals surface area contributed by atoms with Crippen LogP contribution in [0.2, 0.25) is 0 Å². The lowest BCUT2D eigenvalue weighted by molar-refractivity contribution is 1.44. The lowest BCUT2D eigenvalue weighted by Crippen LogP contribution is -1.85. The van der Waals surface area contributed by atoms with Crippen LogP contribution in [-0.4, -0.2) is 9.97 Å². The van der Waals surface area contributed by atoms with Crippen molar-refractivity contribution in [3.05, 3.63) is 78.5 Å². The molecule has 91 valence electrons. The van der Waals surface area contributed by atoms with Crippen LogP contribution < -0.4 is 0 Å². The van der Waals surface area contributed by atoms with Gasteiger partial charge in [-0.05, 0) is 58.3 Å². The van der Waals surface area contributed by atoms with Crippen molar-refractivity contribution in [2.24, 2.45) is 0 Å². The Kier molecular flexibility index (Phi) is 2.21. The lowest BCUT2D eigenvalue weighted by Gasteiger charge is -2.02. The van der Waals surface area contributed by atoms with E-state index in [-0.39, 0.29) is 0 Å². The van der Waals surface area contributed by atoms with Gasteiger partial charge in [0.2, 0.25) is 0 Å². The fraction of sp³-hybridized carbons (Fsp3) is 0. The van der Waals surface area contributed by atoms with Crippen LogP contribution in [0, 0.1) is 6.42 Å². The van der Waals surface area contributed by atoms with Gasteiger partial charge in [0.05, 0.1) is 0 Å². The first-order valence-electron chi connectivity index (χ1n) is 6.37. The summed E-state index contributed by atoms with van der Waals surface area (Å²) < 4.78 is 0. The van der Waals surface area contributed by atoms with Crippen molar-refractivity contribution in [1.29, 1.82) is 0 Å². The molecule has 0 amide bonds. The second-order valence-electron chi connectivity index (χ2n) is 4.79. The maximum absolute atomic E-state index is 3.21. The highest BCUT2D eigenvalue weighted by atomic mass is 14.7. The second-order valence-corrected chi connectivity index (χ2v) is 4.79. The molecule has 0 atom stereocenters. The van der Waals surface area contributed by atoms with E-state index in [9.17, 15) is 0 Å². The van der Waals surface area contributed by atoms with E-state index in [2.05, 4.69) is 64.9 Å². The highest BCUT2D eigenvalue weighted by Crippen LogP contribution is 2.21. The predicted molar refractivity (Wildman–Crippen MR) is 79.1 cm³/mol. The zero-order valence-corrected chi connectivity index (χ0v) is 10.4. The van der Waals surface area contributed by atoms with Gasteiger partial charge < -0.3 is 9.97 Å². The minimum atomic E-state index is 1.18. The van der Waals surface area contributed by atoms with Crippen molar-refractivity contribution >= 4 is 21.8 Å². The third-order valence-electron chi connectivity index (χ3n) is 3.49. The van der Waals surface area contributed by atoms with E-state index >= 15 is 0 Å². The van der Waals surface area contributed by atoms with Crippen LogP contribution in [0.5, 0.6) is 0 Å². The molecule has 4 aromatic rings. The molecule has 0 aliphatic rings. The summed E-state index contributed by atoms with van der Waals surface area (Å²) in [5.74, 6) is 0. The summed E-state index contributed by atoms with van der Waals surface area (Å²) in [5.41, 5.74) is 4.81. The van der Waals surface area contributed by atoms with Crippen LogP contribution in [0.4, 0.5) is 0 Å². The van der Waals surface area contributed by atoms with E-state index in [0.29, 0.717) is 0 Å². The molecule has 4 rings (SSSR count). The van der Waals surface area contributed by atoms with Gasteiger partial charge in [-0.2, -0.15) is 0 Å². The molecule has 2 aromatic carbocycles. The van der Waals surface area contributed by atoms with Crippen molar-refractivity contribution in [1.82, 2.24) is 9.97 Å². The first-order chi connectivity index (χ1) is 9.38. The SMILES string of the molecule is [CH](c1ccc2[nH]ccc2c1)c1ccc2[nH]ccc2c1. The molecule has 2 aromatic heterocycles. The van der Waals surface area contributed by atoms with Crippen LogP contribution in [-0.2, 0) is 0 Å². The molecule has 0 aliphatic heterocycles. The van der Waals surface area contributed by atoms with Gasteiger partial charge in [0.25, 0.3) is 0 Å². The molecule has 0 saturated heterocycles. The Morgan fingerprint density at radius 1 is 0.632 bits per heavy atom. The first kappa shape index (κ1) is 10.4. The standard InChI is InChI=1S/C17H13N2/c1-3-16-14(5-7-18-16)10-12(1)9-13-2-4-17-15(11-13)6-8-19-17/h1-11,18-19H. The molecule has 19 heavy (non-hydrogen) atoms. The fourth-order valence-corrected chi connectivity index (χ4v) is 2.52. The van der Waals surface area contributed by atoms with E-state index in [1.54, 1.807) is 0 Å². The summed E-state index contributed by atoms with van der Waals surface area (Å²) in [4.78, 5) is 6.43. The molecule has 2 N–H and O–H groups in total. The monoisotopic (exact) mass is 245 g/mol. The molecule has 0 unspecified atom stereocenters. The number of aromatic amines is 2. The molecule has 0 aliphatic carbocycles. The number of hydrogen-bond acceptors (Lipinski definition) is 0. The molecule has 0 fully saturated rings. The molecule has 1 radical (unpaired) electrons. The molecule has 2 heteroatoms. The normalized spacial score (nSPS) is 11.4. The van der Waals surface area contributed by atoms with E-state index in [4.69, 9.17) is 0 Å². The molecular weight excluding hydrogens is 232 g/mol. The van der Waals surface area contributed by atoms with Crippen molar-refractivity contribution < 1.29 is 0 Å². The Morgan fingerprint density at radius 3 is 1.68 bits per heavy atom. The number of aromatic nitrogens is 2. The van der Waals surface area contributed by atoms with Crippen LogP contribution >= 0.6 is 0 Å². The van der Waals surface area contributed by atoms with Crippen LogP contribution in [0.15, 0.2) is 60.9 Å². The van der Waals surface area contributed by atoms with E-state index in [1.807, 2.05) is 12.4 Å². The molecule has 0 bridgehead atoms. The van der Waals surface area contributed by atoms with Crippen LogP contribution in [0.3, 0.4) is 0 Å². The van der Waals surface area contributed by atoms with Gasteiger partial charge in [-0.1, -0.05) is 12.1 Å². The summed E-state index contributed by atoms with van der Waals surface area (Å²) in [6.45, 7) is 0. The largest absolute Gasteiger partial charge is 0.361 e. The first-order valence-corrected chi connectivity index (χ1v) is 6.37. The van der Waals surface area contributed by atoms with Gasteiger partial charge in [-0.3, -0.25) is 0 Å². The van der Waals surface area contributed by atoms with Gasteiger partial charge in [-0.25, -0.2) is 0 Å². The van der Waals surface area contributed by atoms with E-state index in [0.717, 1.165) is 0 Å². The Labute approximate surface area is 111 Å². The summed E-state index contributed by atoms with van der Waals surface area (Å²) in [5, 5.41) is 2.49. The van der Waals surface area contributed by atoms with Gasteiger partial charge in [0.15, 0.2) is 0 Å². The van der Waals surface area contributed by atoms with Crippen molar-refractivity contribution in [3.63, 3.8) is 0 Å². The summed E-state index contributed by atoms with van der Waals surface area (Å²) in [6, 6.07) is 17.1. The molecule has 0 saturated carbocycles. The summed E-state index contributed by atoms with van der Waals surface area (Å²) in [7, 11) is 0. The van der Waals surface area contributed by atoms with Crippen molar-refractivity contribution in [2.75, 3.05) is 0 Å². The Morgan fingerprint density at radius 2 is 1.16 bits per heavy atom. The third-order valence-corrected chi connectivity index (χ3v) is 3.49.